The number of hydrogen-bond acceptors (Lipinski definition) is 8. The van der Waals surface area contributed by atoms with Gasteiger partial charge in [0, 0.05) is 60.2 Å². The highest BCUT2D eigenvalue weighted by Gasteiger charge is 2.19. The van der Waals surface area contributed by atoms with Crippen molar-refractivity contribution < 1.29 is 17.6 Å². The van der Waals surface area contributed by atoms with E-state index in [0.717, 1.165) is 45.3 Å². The maximum absolute atomic E-state index is 11.3. The minimum atomic E-state index is -2.98. The van der Waals surface area contributed by atoms with Gasteiger partial charge in [0.25, 0.3) is 0 Å². The number of hydrogen-bond donors (Lipinski definition) is 2. The number of pyridine rings is 1. The molecule has 5 rings (SSSR count). The summed E-state index contributed by atoms with van der Waals surface area (Å²) in [6.07, 6.45) is 10.6. The molecule has 4 aromatic rings. The molecule has 0 unspecified atom stereocenters. The van der Waals surface area contributed by atoms with Crippen LogP contribution in [0.2, 0.25) is 0 Å². The van der Waals surface area contributed by atoms with Crippen LogP contribution in [0.1, 0.15) is 22.3 Å². The van der Waals surface area contributed by atoms with Crippen LogP contribution >= 0.6 is 0 Å². The number of nitrogens with zero attached hydrogens (tertiary/aromatic N) is 2. The van der Waals surface area contributed by atoms with Crippen LogP contribution in [-0.2, 0) is 29.5 Å². The number of furan rings is 1. The minimum absolute atomic E-state index is 0.108. The molecule has 2 aromatic heterocycles. The molecule has 1 aliphatic rings. The van der Waals surface area contributed by atoms with Crippen molar-refractivity contribution in [2.45, 2.75) is 19.7 Å². The second-order valence-corrected chi connectivity index (χ2v) is 11.5. The molecule has 196 valence electrons. The number of sulfone groups is 1. The van der Waals surface area contributed by atoms with E-state index in [1.54, 1.807) is 6.26 Å². The summed E-state index contributed by atoms with van der Waals surface area (Å²) < 4.78 is 34.3. The molecule has 0 aliphatic carbocycles. The summed E-state index contributed by atoms with van der Waals surface area (Å²) in [5.74, 6) is 1.63. The van der Waals surface area contributed by atoms with Gasteiger partial charge in [-0.15, -0.1) is 0 Å². The number of benzene rings is 2. The Labute approximate surface area is 222 Å². The van der Waals surface area contributed by atoms with Gasteiger partial charge in [-0.2, -0.15) is 0 Å². The van der Waals surface area contributed by atoms with Crippen LogP contribution < -0.4 is 20.3 Å². The van der Waals surface area contributed by atoms with E-state index in [0.29, 0.717) is 26.2 Å². The Bertz CT molecular complexity index is 1500. The molecule has 0 saturated heterocycles. The first-order valence-corrected chi connectivity index (χ1v) is 14.4. The molecule has 1 aliphatic heterocycles. The van der Waals surface area contributed by atoms with E-state index >= 15 is 0 Å². The van der Waals surface area contributed by atoms with Gasteiger partial charge in [0.1, 0.15) is 22.2 Å². The van der Waals surface area contributed by atoms with Crippen LogP contribution in [0.15, 0.2) is 89.9 Å². The van der Waals surface area contributed by atoms with Gasteiger partial charge in [-0.05, 0) is 35.9 Å². The van der Waals surface area contributed by atoms with Crippen molar-refractivity contribution in [3.8, 4) is 5.75 Å². The first kappa shape index (κ1) is 25.6. The maximum Gasteiger partial charge on any atom is 0.199 e. The molecule has 38 heavy (non-hydrogen) atoms. The molecule has 0 amide bonds. The van der Waals surface area contributed by atoms with Crippen molar-refractivity contribution in [1.29, 1.82) is 0 Å². The molecule has 8 nitrogen and oxygen atoms in total. The predicted octanol–water partition coefficient (Wildman–Crippen LogP) is 5.12. The van der Waals surface area contributed by atoms with Crippen molar-refractivity contribution in [3.05, 3.63) is 108 Å². The topological polar surface area (TPSA) is 96.7 Å². The Hall–Kier alpha value is -4.08. The van der Waals surface area contributed by atoms with Crippen molar-refractivity contribution in [1.82, 2.24) is 10.3 Å². The lowest BCUT2D eigenvalue weighted by Crippen LogP contribution is -2.22. The first-order chi connectivity index (χ1) is 18.4. The third-order valence-corrected chi connectivity index (χ3v) is 7.08. The quantitative estimate of drug-likeness (QED) is 0.258. The number of anilines is 3. The lowest BCUT2D eigenvalue weighted by atomic mass is 10.0. The molecule has 2 N–H and O–H groups in total. The van der Waals surface area contributed by atoms with E-state index in [-0.39, 0.29) is 5.75 Å². The highest BCUT2D eigenvalue weighted by Crippen LogP contribution is 2.32. The largest absolute Gasteiger partial charge is 0.489 e. The Morgan fingerprint density at radius 1 is 1.05 bits per heavy atom. The van der Waals surface area contributed by atoms with E-state index < -0.39 is 9.84 Å². The highest BCUT2D eigenvalue weighted by molar-refractivity contribution is 7.90. The van der Waals surface area contributed by atoms with E-state index in [1.807, 2.05) is 90.2 Å². The molecule has 9 heteroatoms. The fourth-order valence-corrected chi connectivity index (χ4v) is 4.62. The van der Waals surface area contributed by atoms with Crippen molar-refractivity contribution >= 4 is 33.2 Å². The minimum Gasteiger partial charge on any atom is -0.489 e. The average molecular weight is 531 g/mol. The van der Waals surface area contributed by atoms with Gasteiger partial charge >= 0.3 is 0 Å². The van der Waals surface area contributed by atoms with Crippen LogP contribution in [0.25, 0.3) is 6.08 Å². The predicted molar refractivity (Wildman–Crippen MR) is 150 cm³/mol. The fourth-order valence-electron chi connectivity index (χ4n) is 4.10. The third kappa shape index (κ3) is 6.81. The number of nitrogens with one attached hydrogen (secondary N) is 2. The van der Waals surface area contributed by atoms with E-state index in [9.17, 15) is 8.42 Å². The van der Waals surface area contributed by atoms with E-state index in [1.165, 1.54) is 6.26 Å². The lowest BCUT2D eigenvalue weighted by molar-refractivity contribution is 0.306. The molecule has 0 saturated carbocycles. The van der Waals surface area contributed by atoms with Gasteiger partial charge in [-0.25, -0.2) is 8.42 Å². The molecule has 0 radical (unpaired) electrons. The third-order valence-electron chi connectivity index (χ3n) is 6.14. The lowest BCUT2D eigenvalue weighted by Gasteiger charge is -2.25. The van der Waals surface area contributed by atoms with Crippen LogP contribution in [-0.4, -0.2) is 32.0 Å². The van der Waals surface area contributed by atoms with Crippen molar-refractivity contribution in [2.24, 2.45) is 0 Å². The molecular weight excluding hydrogens is 500 g/mol. The molecule has 0 bridgehead atoms. The molecule has 3 heterocycles. The van der Waals surface area contributed by atoms with Crippen LogP contribution in [0.5, 0.6) is 5.75 Å². The summed E-state index contributed by atoms with van der Waals surface area (Å²) in [4.78, 5) is 6.44. The highest BCUT2D eigenvalue weighted by atomic mass is 32.2. The Balaban J connectivity index is 1.21. The van der Waals surface area contributed by atoms with E-state index in [4.69, 9.17) is 9.15 Å². The zero-order valence-corrected chi connectivity index (χ0v) is 21.9. The normalized spacial score (nSPS) is 12.8. The molecule has 0 fully saturated rings. The van der Waals surface area contributed by atoms with Crippen LogP contribution in [0.4, 0.5) is 17.3 Å². The second kappa shape index (κ2) is 11.5. The van der Waals surface area contributed by atoms with Crippen molar-refractivity contribution in [2.75, 3.05) is 28.8 Å². The molecule has 2 aromatic carbocycles. The van der Waals surface area contributed by atoms with Gasteiger partial charge in [0.05, 0.1) is 30.4 Å². The van der Waals surface area contributed by atoms with Crippen LogP contribution in [0, 0.1) is 0 Å². The first-order valence-electron chi connectivity index (χ1n) is 12.3. The standard InChI is InChI=1S/C29H30N4O4S/c1-38(34,35)14-12-30-16-23-15-29(37-21-23)33-13-11-24-17-31-18-28(27(24)19-33)32-25-7-9-26(10-8-25)36-20-22-5-3-2-4-6-22/h2-11,13,15,17-18,21,30,32H,12,14,16,19-20H2,1H3. The average Bonchev–Trinajstić information content (AvgIpc) is 3.40. The van der Waals surface area contributed by atoms with Gasteiger partial charge in [0.2, 0.25) is 0 Å². The Morgan fingerprint density at radius 3 is 2.66 bits per heavy atom. The number of fused-ring (bicyclic) bond motifs is 1. The maximum atomic E-state index is 11.3. The molecule has 0 spiro atoms. The number of ether oxygens (including phenoxy) is 1. The van der Waals surface area contributed by atoms with Gasteiger partial charge < -0.3 is 24.7 Å². The number of aromatic nitrogens is 1. The summed E-state index contributed by atoms with van der Waals surface area (Å²) in [7, 11) is -2.98. The van der Waals surface area contributed by atoms with E-state index in [2.05, 4.69) is 15.6 Å². The number of rotatable bonds is 11. The summed E-state index contributed by atoms with van der Waals surface area (Å²) in [5.41, 5.74) is 6.09. The zero-order valence-electron chi connectivity index (χ0n) is 21.1. The summed E-state index contributed by atoms with van der Waals surface area (Å²) >= 11 is 0. The second-order valence-electron chi connectivity index (χ2n) is 9.22. The summed E-state index contributed by atoms with van der Waals surface area (Å²) in [5, 5.41) is 6.63. The molecule has 0 atom stereocenters. The van der Waals surface area contributed by atoms with Gasteiger partial charge in [0.15, 0.2) is 5.88 Å². The van der Waals surface area contributed by atoms with Crippen LogP contribution in [0.3, 0.4) is 0 Å². The van der Waals surface area contributed by atoms with Gasteiger partial charge in [-0.1, -0.05) is 30.3 Å². The summed E-state index contributed by atoms with van der Waals surface area (Å²) in [6, 6.07) is 19.9. The SMILES string of the molecule is CS(=O)(=O)CCNCc1coc(N2C=Cc3cncc(Nc4ccc(OCc5ccccc5)cc4)c3C2)c1. The molecular formula is C29H30N4O4S. The van der Waals surface area contributed by atoms with Crippen molar-refractivity contribution in [3.63, 3.8) is 0 Å². The fraction of sp³-hybridized carbons (Fsp3) is 0.207. The van der Waals surface area contributed by atoms with Gasteiger partial charge in [-0.3, -0.25) is 4.98 Å². The Morgan fingerprint density at radius 2 is 1.87 bits per heavy atom. The smallest absolute Gasteiger partial charge is 0.199 e. The monoisotopic (exact) mass is 530 g/mol. The summed E-state index contributed by atoms with van der Waals surface area (Å²) in [6.45, 7) is 2.08. The Kier molecular flexibility index (Phi) is 7.76. The zero-order chi connectivity index (χ0) is 26.4.